The summed E-state index contributed by atoms with van der Waals surface area (Å²) in [6.45, 7) is 6.00. The van der Waals surface area contributed by atoms with Crippen molar-refractivity contribution in [3.8, 4) is 17.3 Å². The van der Waals surface area contributed by atoms with Gasteiger partial charge in [0.1, 0.15) is 23.8 Å². The van der Waals surface area contributed by atoms with Crippen molar-refractivity contribution in [3.05, 3.63) is 100 Å². The van der Waals surface area contributed by atoms with E-state index >= 15 is 0 Å². The number of carboxylic acid groups (broad SMARTS) is 1. The second-order valence-corrected chi connectivity index (χ2v) is 9.26. The van der Waals surface area contributed by atoms with Crippen molar-refractivity contribution in [2.75, 3.05) is 5.32 Å². The van der Waals surface area contributed by atoms with Crippen molar-refractivity contribution in [2.45, 2.75) is 46.2 Å². The molecule has 4 aromatic rings. The number of hydrogen-bond donors (Lipinski definition) is 3. The van der Waals surface area contributed by atoms with E-state index < -0.39 is 17.9 Å². The van der Waals surface area contributed by atoms with Gasteiger partial charge in [-0.3, -0.25) is 4.79 Å². The lowest BCUT2D eigenvalue weighted by Crippen LogP contribution is -2.42. The lowest BCUT2D eigenvalue weighted by atomic mass is 9.95. The molecule has 1 amide bonds. The number of nitrogens with zero attached hydrogens (tertiary/aromatic N) is 3. The van der Waals surface area contributed by atoms with E-state index in [9.17, 15) is 20.0 Å². The SMILES string of the molecule is CCc1cc(C#N)cc(C)c1C(=O)NC(Cc1ccc(-c2coc(CNc3cc(C)ccn3)n2)cc1)C(=O)O. The number of hydrogen-bond acceptors (Lipinski definition) is 7. The molecule has 0 fully saturated rings. The van der Waals surface area contributed by atoms with Crippen LogP contribution in [0.3, 0.4) is 0 Å². The third kappa shape index (κ3) is 6.67. The number of aromatic nitrogens is 2. The van der Waals surface area contributed by atoms with Gasteiger partial charge in [-0.25, -0.2) is 14.8 Å². The number of amides is 1. The van der Waals surface area contributed by atoms with Crippen LogP contribution in [0.2, 0.25) is 0 Å². The molecule has 2 aromatic heterocycles. The summed E-state index contributed by atoms with van der Waals surface area (Å²) in [6, 6.07) is 15.4. The summed E-state index contributed by atoms with van der Waals surface area (Å²) >= 11 is 0. The Bertz CT molecular complexity index is 1540. The predicted octanol–water partition coefficient (Wildman–Crippen LogP) is 4.83. The maximum Gasteiger partial charge on any atom is 0.326 e. The molecule has 0 radical (unpaired) electrons. The van der Waals surface area contributed by atoms with Gasteiger partial charge in [-0.2, -0.15) is 5.26 Å². The molecule has 0 aliphatic heterocycles. The van der Waals surface area contributed by atoms with Gasteiger partial charge in [-0.15, -0.1) is 0 Å². The number of nitriles is 1. The zero-order chi connectivity index (χ0) is 27.9. The van der Waals surface area contributed by atoms with Crippen LogP contribution in [0.4, 0.5) is 5.82 Å². The second kappa shape index (κ2) is 12.0. The largest absolute Gasteiger partial charge is 0.480 e. The summed E-state index contributed by atoms with van der Waals surface area (Å²) in [5.41, 5.74) is 5.53. The van der Waals surface area contributed by atoms with Gasteiger partial charge in [-0.05, 0) is 66.8 Å². The fourth-order valence-electron chi connectivity index (χ4n) is 4.33. The van der Waals surface area contributed by atoms with Gasteiger partial charge in [0.2, 0.25) is 5.89 Å². The number of anilines is 1. The van der Waals surface area contributed by atoms with Crippen LogP contribution in [0.25, 0.3) is 11.3 Å². The van der Waals surface area contributed by atoms with E-state index in [4.69, 9.17) is 4.42 Å². The number of benzene rings is 2. The van der Waals surface area contributed by atoms with Gasteiger partial charge >= 0.3 is 5.97 Å². The summed E-state index contributed by atoms with van der Waals surface area (Å²) in [5, 5.41) is 24.9. The Hall–Kier alpha value is -4.97. The van der Waals surface area contributed by atoms with Crippen LogP contribution in [-0.4, -0.2) is 33.0 Å². The van der Waals surface area contributed by atoms with E-state index in [1.165, 1.54) is 0 Å². The van der Waals surface area contributed by atoms with E-state index in [1.54, 1.807) is 31.5 Å². The molecule has 9 heteroatoms. The van der Waals surface area contributed by atoms with Crippen molar-refractivity contribution in [2.24, 2.45) is 0 Å². The molecule has 0 saturated heterocycles. The summed E-state index contributed by atoms with van der Waals surface area (Å²) in [5.74, 6) is -0.356. The van der Waals surface area contributed by atoms with Crippen LogP contribution in [0.15, 0.2) is 65.4 Å². The van der Waals surface area contributed by atoms with Gasteiger partial charge in [0, 0.05) is 23.7 Å². The average Bonchev–Trinajstić information content (AvgIpc) is 3.40. The van der Waals surface area contributed by atoms with Crippen molar-refractivity contribution >= 4 is 17.7 Å². The maximum absolute atomic E-state index is 13.1. The van der Waals surface area contributed by atoms with E-state index in [1.807, 2.05) is 50.2 Å². The first-order chi connectivity index (χ1) is 18.8. The molecule has 0 spiro atoms. The molecule has 39 heavy (non-hydrogen) atoms. The normalized spacial score (nSPS) is 11.4. The first-order valence-electron chi connectivity index (χ1n) is 12.5. The van der Waals surface area contributed by atoms with Crippen LogP contribution in [0.5, 0.6) is 0 Å². The number of carbonyl (C=O) groups excluding carboxylic acids is 1. The quantitative estimate of drug-likeness (QED) is 0.269. The van der Waals surface area contributed by atoms with Gasteiger partial charge in [-0.1, -0.05) is 31.2 Å². The number of pyridine rings is 1. The first-order valence-corrected chi connectivity index (χ1v) is 12.5. The summed E-state index contributed by atoms with van der Waals surface area (Å²) in [4.78, 5) is 33.8. The monoisotopic (exact) mass is 523 g/mol. The molecule has 0 saturated carbocycles. The lowest BCUT2D eigenvalue weighted by molar-refractivity contribution is -0.139. The minimum atomic E-state index is -1.13. The second-order valence-electron chi connectivity index (χ2n) is 9.26. The van der Waals surface area contributed by atoms with Crippen molar-refractivity contribution in [3.63, 3.8) is 0 Å². The number of carbonyl (C=O) groups is 2. The van der Waals surface area contributed by atoms with Crippen molar-refractivity contribution in [1.29, 1.82) is 5.26 Å². The Balaban J connectivity index is 1.42. The van der Waals surface area contributed by atoms with E-state index in [-0.39, 0.29) is 6.42 Å². The van der Waals surface area contributed by atoms with Crippen LogP contribution < -0.4 is 10.6 Å². The Kier molecular flexibility index (Phi) is 8.37. The highest BCUT2D eigenvalue weighted by Gasteiger charge is 2.24. The Morgan fingerprint density at radius 1 is 1.13 bits per heavy atom. The predicted molar refractivity (Wildman–Crippen MR) is 146 cm³/mol. The molecule has 0 aliphatic rings. The topological polar surface area (TPSA) is 141 Å². The molecule has 9 nitrogen and oxygen atoms in total. The molecule has 0 bridgehead atoms. The standard InChI is InChI=1S/C30H29N5O4/c1-4-22-13-21(15-31)12-19(3)28(22)29(36)35-24(30(37)38)14-20-5-7-23(8-6-20)25-17-39-27(34-25)16-33-26-11-18(2)9-10-32-26/h5-13,17,24H,4,14,16H2,1-3H3,(H,32,33)(H,35,36)(H,37,38). The highest BCUT2D eigenvalue weighted by molar-refractivity contribution is 5.99. The molecule has 198 valence electrons. The Morgan fingerprint density at radius 3 is 2.56 bits per heavy atom. The fraction of sp³-hybridized carbons (Fsp3) is 0.233. The van der Waals surface area contributed by atoms with E-state index in [2.05, 4.69) is 26.7 Å². The molecule has 4 rings (SSSR count). The maximum atomic E-state index is 13.1. The molecule has 1 unspecified atom stereocenters. The summed E-state index contributed by atoms with van der Waals surface area (Å²) in [6.07, 6.45) is 3.95. The minimum absolute atomic E-state index is 0.107. The molecule has 0 aliphatic carbocycles. The van der Waals surface area contributed by atoms with Gasteiger partial charge < -0.3 is 20.2 Å². The van der Waals surface area contributed by atoms with Crippen LogP contribution in [-0.2, 0) is 24.2 Å². The molecular weight excluding hydrogens is 494 g/mol. The van der Waals surface area contributed by atoms with Gasteiger partial charge in [0.15, 0.2) is 0 Å². The molecule has 2 aromatic carbocycles. The zero-order valence-corrected chi connectivity index (χ0v) is 22.0. The Labute approximate surface area is 226 Å². The zero-order valence-electron chi connectivity index (χ0n) is 22.0. The van der Waals surface area contributed by atoms with E-state index in [0.717, 1.165) is 22.5 Å². The van der Waals surface area contributed by atoms with Crippen LogP contribution in [0.1, 0.15) is 51.0 Å². The smallest absolute Gasteiger partial charge is 0.326 e. The number of oxazole rings is 1. The first kappa shape index (κ1) is 27.1. The number of rotatable bonds is 10. The number of aliphatic carboxylic acids is 1. The number of nitrogens with one attached hydrogen (secondary N) is 2. The van der Waals surface area contributed by atoms with Gasteiger partial charge in [0.05, 0.1) is 18.2 Å². The third-order valence-electron chi connectivity index (χ3n) is 6.34. The van der Waals surface area contributed by atoms with Crippen molar-refractivity contribution < 1.29 is 19.1 Å². The Morgan fingerprint density at radius 2 is 1.90 bits per heavy atom. The van der Waals surface area contributed by atoms with Crippen LogP contribution in [0, 0.1) is 25.2 Å². The third-order valence-corrected chi connectivity index (χ3v) is 6.34. The van der Waals surface area contributed by atoms with Gasteiger partial charge in [0.25, 0.3) is 5.91 Å². The molecule has 2 heterocycles. The van der Waals surface area contributed by atoms with Crippen LogP contribution >= 0.6 is 0 Å². The fourth-order valence-corrected chi connectivity index (χ4v) is 4.33. The molecule has 1 atom stereocenters. The number of carboxylic acids is 1. The molecule has 3 N–H and O–H groups in total. The summed E-state index contributed by atoms with van der Waals surface area (Å²) < 4.78 is 5.58. The highest BCUT2D eigenvalue weighted by atomic mass is 16.4. The van der Waals surface area contributed by atoms with Crippen molar-refractivity contribution in [1.82, 2.24) is 15.3 Å². The molecular formula is C30H29N5O4. The lowest BCUT2D eigenvalue weighted by Gasteiger charge is -2.18. The number of aryl methyl sites for hydroxylation is 3. The summed E-state index contributed by atoms with van der Waals surface area (Å²) in [7, 11) is 0. The highest BCUT2D eigenvalue weighted by Crippen LogP contribution is 2.21. The minimum Gasteiger partial charge on any atom is -0.480 e. The van der Waals surface area contributed by atoms with E-state index in [0.29, 0.717) is 46.8 Å². The average molecular weight is 524 g/mol.